The minimum absolute atomic E-state index is 0.194. The Balaban J connectivity index is 1.51. The fourth-order valence-electron chi connectivity index (χ4n) is 4.45. The highest BCUT2D eigenvalue weighted by atomic mass is 32.1. The number of piperazine rings is 1. The Bertz CT molecular complexity index is 1410. The molecule has 1 fully saturated rings. The van der Waals surface area contributed by atoms with E-state index in [0.717, 1.165) is 43.1 Å². The predicted molar refractivity (Wildman–Crippen MR) is 134 cm³/mol. The average Bonchev–Trinajstić information content (AvgIpc) is 2.83. The van der Waals surface area contributed by atoms with Gasteiger partial charge in [-0.2, -0.15) is 5.26 Å². The van der Waals surface area contributed by atoms with E-state index < -0.39 is 0 Å². The van der Waals surface area contributed by atoms with Crippen molar-refractivity contribution >= 4 is 34.7 Å². The quantitative estimate of drug-likeness (QED) is 0.543. The standard InChI is InChI=1S/C24H27N7O2S/c1-4-31-23(34)21-17(13-25)11-16(12-19(21)28-24(31)33)14-29-7-9-30(10-8-29)20-6-5-18(22(32)26-3)27-15(20)2/h5-6,11-12H,4,7-10,14H2,1-3H3,(H,26,32)(H,28,33). The molecule has 1 saturated heterocycles. The highest BCUT2D eigenvalue weighted by molar-refractivity contribution is 7.71. The Morgan fingerprint density at radius 2 is 2.00 bits per heavy atom. The first kappa shape index (κ1) is 23.6. The van der Waals surface area contributed by atoms with Crippen LogP contribution in [0.4, 0.5) is 5.69 Å². The van der Waals surface area contributed by atoms with Crippen LogP contribution in [0.5, 0.6) is 0 Å². The SMILES string of the molecule is CCn1c(=O)[nH]c2cc(CN3CCN(c4ccc(C(=O)NC)nc4C)CC3)cc(C#N)c2c1=S. The van der Waals surface area contributed by atoms with E-state index in [-0.39, 0.29) is 11.6 Å². The summed E-state index contributed by atoms with van der Waals surface area (Å²) in [5.74, 6) is -0.194. The Kier molecular flexibility index (Phi) is 6.77. The second-order valence-electron chi connectivity index (χ2n) is 8.30. The molecule has 1 aromatic carbocycles. The zero-order chi connectivity index (χ0) is 24.4. The molecule has 0 spiro atoms. The summed E-state index contributed by atoms with van der Waals surface area (Å²) in [6, 6.07) is 9.75. The van der Waals surface area contributed by atoms with Crippen LogP contribution in [0, 0.1) is 22.9 Å². The Morgan fingerprint density at radius 1 is 1.26 bits per heavy atom. The van der Waals surface area contributed by atoms with Crippen LogP contribution in [0.2, 0.25) is 0 Å². The number of benzene rings is 1. The summed E-state index contributed by atoms with van der Waals surface area (Å²) in [7, 11) is 1.59. The minimum Gasteiger partial charge on any atom is -0.368 e. The van der Waals surface area contributed by atoms with Gasteiger partial charge in [-0.25, -0.2) is 9.78 Å². The average molecular weight is 478 g/mol. The molecule has 4 rings (SSSR count). The van der Waals surface area contributed by atoms with E-state index in [1.807, 2.05) is 32.0 Å². The third kappa shape index (κ3) is 4.44. The number of nitrogens with zero attached hydrogens (tertiary/aromatic N) is 5. The van der Waals surface area contributed by atoms with E-state index in [4.69, 9.17) is 12.2 Å². The number of pyridine rings is 1. The molecule has 3 aromatic rings. The summed E-state index contributed by atoms with van der Waals surface area (Å²) in [6.45, 7) is 8.21. The zero-order valence-electron chi connectivity index (χ0n) is 19.5. The van der Waals surface area contributed by atoms with Gasteiger partial charge in [-0.1, -0.05) is 12.2 Å². The van der Waals surface area contributed by atoms with Gasteiger partial charge in [0.2, 0.25) is 0 Å². The highest BCUT2D eigenvalue weighted by Gasteiger charge is 2.20. The number of nitrogens with one attached hydrogen (secondary N) is 2. The van der Waals surface area contributed by atoms with Crippen LogP contribution in [-0.2, 0) is 13.1 Å². The molecule has 3 heterocycles. The van der Waals surface area contributed by atoms with Gasteiger partial charge in [0.15, 0.2) is 0 Å². The van der Waals surface area contributed by atoms with Crippen molar-refractivity contribution in [3.8, 4) is 6.07 Å². The molecule has 0 radical (unpaired) electrons. The number of anilines is 1. The number of amides is 1. The van der Waals surface area contributed by atoms with Gasteiger partial charge in [0, 0.05) is 46.3 Å². The van der Waals surface area contributed by atoms with Crippen molar-refractivity contribution in [2.75, 3.05) is 38.1 Å². The van der Waals surface area contributed by atoms with Gasteiger partial charge in [-0.15, -0.1) is 0 Å². The van der Waals surface area contributed by atoms with Gasteiger partial charge in [0.05, 0.1) is 33.9 Å². The van der Waals surface area contributed by atoms with E-state index >= 15 is 0 Å². The first-order valence-corrected chi connectivity index (χ1v) is 11.6. The fourth-order valence-corrected chi connectivity index (χ4v) is 4.89. The van der Waals surface area contributed by atoms with Crippen molar-refractivity contribution < 1.29 is 4.79 Å². The highest BCUT2D eigenvalue weighted by Crippen LogP contribution is 2.23. The van der Waals surface area contributed by atoms with Gasteiger partial charge < -0.3 is 15.2 Å². The number of carbonyl (C=O) groups is 1. The maximum absolute atomic E-state index is 12.4. The monoisotopic (exact) mass is 477 g/mol. The molecule has 176 valence electrons. The summed E-state index contributed by atoms with van der Waals surface area (Å²) in [5, 5.41) is 13.0. The number of carbonyl (C=O) groups excluding carboxylic acids is 1. The molecular weight excluding hydrogens is 450 g/mol. The van der Waals surface area contributed by atoms with E-state index in [2.05, 4.69) is 31.2 Å². The second kappa shape index (κ2) is 9.75. The van der Waals surface area contributed by atoms with Crippen LogP contribution < -0.4 is 15.9 Å². The van der Waals surface area contributed by atoms with Crippen LogP contribution in [0.1, 0.15) is 34.2 Å². The fraction of sp³-hybridized carbons (Fsp3) is 0.375. The molecule has 0 unspecified atom stereocenters. The molecule has 9 nitrogen and oxygen atoms in total. The lowest BCUT2D eigenvalue weighted by Gasteiger charge is -2.36. The summed E-state index contributed by atoms with van der Waals surface area (Å²) < 4.78 is 1.86. The zero-order valence-corrected chi connectivity index (χ0v) is 20.3. The molecule has 0 saturated carbocycles. The van der Waals surface area contributed by atoms with E-state index in [9.17, 15) is 14.9 Å². The first-order chi connectivity index (χ1) is 16.4. The van der Waals surface area contributed by atoms with Crippen LogP contribution >= 0.6 is 12.2 Å². The lowest BCUT2D eigenvalue weighted by Crippen LogP contribution is -2.46. The van der Waals surface area contributed by atoms with Crippen LogP contribution in [0.15, 0.2) is 29.1 Å². The van der Waals surface area contributed by atoms with E-state index in [1.54, 1.807) is 13.1 Å². The second-order valence-corrected chi connectivity index (χ2v) is 8.69. The van der Waals surface area contributed by atoms with Gasteiger partial charge in [-0.05, 0) is 43.7 Å². The number of aryl methyl sites for hydroxylation is 1. The molecule has 0 atom stereocenters. The number of aromatic amines is 1. The lowest BCUT2D eigenvalue weighted by atomic mass is 10.1. The van der Waals surface area contributed by atoms with Crippen LogP contribution in [0.3, 0.4) is 0 Å². The Hall–Kier alpha value is -3.55. The number of rotatable bonds is 5. The van der Waals surface area contributed by atoms with Crippen molar-refractivity contribution in [3.63, 3.8) is 0 Å². The number of aromatic nitrogens is 3. The molecule has 0 bridgehead atoms. The smallest absolute Gasteiger partial charge is 0.326 e. The molecule has 1 aliphatic heterocycles. The van der Waals surface area contributed by atoms with Crippen molar-refractivity contribution in [2.45, 2.75) is 26.9 Å². The summed E-state index contributed by atoms with van der Waals surface area (Å²) in [5.41, 5.74) is 4.06. The largest absolute Gasteiger partial charge is 0.368 e. The molecule has 0 aliphatic carbocycles. The topological polar surface area (TPSA) is 110 Å². The lowest BCUT2D eigenvalue weighted by molar-refractivity contribution is 0.0958. The number of hydrogen-bond acceptors (Lipinski definition) is 7. The van der Waals surface area contributed by atoms with Crippen molar-refractivity contribution in [2.24, 2.45) is 0 Å². The molecule has 10 heteroatoms. The van der Waals surface area contributed by atoms with Gasteiger partial charge in [0.25, 0.3) is 5.91 Å². The Morgan fingerprint density at radius 3 is 2.62 bits per heavy atom. The van der Waals surface area contributed by atoms with Crippen molar-refractivity contribution in [1.82, 2.24) is 24.8 Å². The maximum atomic E-state index is 12.4. The van der Waals surface area contributed by atoms with Gasteiger partial charge in [-0.3, -0.25) is 14.3 Å². The van der Waals surface area contributed by atoms with Gasteiger partial charge >= 0.3 is 5.69 Å². The molecule has 1 amide bonds. The third-order valence-corrected chi connectivity index (χ3v) is 6.64. The first-order valence-electron chi connectivity index (χ1n) is 11.2. The van der Waals surface area contributed by atoms with Gasteiger partial charge in [0.1, 0.15) is 10.3 Å². The maximum Gasteiger partial charge on any atom is 0.326 e. The van der Waals surface area contributed by atoms with E-state index in [0.29, 0.717) is 39.9 Å². The number of H-pyrrole nitrogens is 1. The van der Waals surface area contributed by atoms with Crippen molar-refractivity contribution in [1.29, 1.82) is 5.26 Å². The molecule has 2 N–H and O–H groups in total. The molecule has 1 aliphatic rings. The minimum atomic E-state index is -0.263. The van der Waals surface area contributed by atoms with E-state index in [1.165, 1.54) is 4.57 Å². The Labute approximate surface area is 202 Å². The van der Waals surface area contributed by atoms with Crippen molar-refractivity contribution in [3.05, 3.63) is 61.9 Å². The summed E-state index contributed by atoms with van der Waals surface area (Å²) >= 11 is 5.49. The number of fused-ring (bicyclic) bond motifs is 1. The number of hydrogen-bond donors (Lipinski definition) is 2. The molecular formula is C24H27N7O2S. The van der Waals surface area contributed by atoms with Crippen LogP contribution in [0.25, 0.3) is 10.9 Å². The molecule has 2 aromatic heterocycles. The summed E-state index contributed by atoms with van der Waals surface area (Å²) in [6.07, 6.45) is 0. The van der Waals surface area contributed by atoms with Crippen LogP contribution in [-0.4, -0.2) is 58.6 Å². The third-order valence-electron chi connectivity index (χ3n) is 6.22. The number of nitriles is 1. The summed E-state index contributed by atoms with van der Waals surface area (Å²) in [4.78, 5) is 36.1. The predicted octanol–water partition coefficient (Wildman–Crippen LogP) is 2.34. The molecule has 34 heavy (non-hydrogen) atoms. The normalized spacial score (nSPS) is 14.2.